The van der Waals surface area contributed by atoms with E-state index >= 15 is 0 Å². The van der Waals surface area contributed by atoms with Gasteiger partial charge in [-0.2, -0.15) is 0 Å². The third-order valence-electron chi connectivity index (χ3n) is 4.08. The van der Waals surface area contributed by atoms with Gasteiger partial charge in [0.2, 0.25) is 0 Å². The first-order valence-electron chi connectivity index (χ1n) is 9.05. The van der Waals surface area contributed by atoms with E-state index in [2.05, 4.69) is 29.6 Å². The van der Waals surface area contributed by atoms with Crippen LogP contribution in [0.3, 0.4) is 0 Å². The van der Waals surface area contributed by atoms with Crippen molar-refractivity contribution in [2.75, 3.05) is 25.6 Å². The Kier molecular flexibility index (Phi) is 7.13. The topological polar surface area (TPSA) is 39.7 Å². The van der Waals surface area contributed by atoms with Gasteiger partial charge in [0.05, 0.1) is 6.61 Å². The Balaban J connectivity index is 1.44. The summed E-state index contributed by atoms with van der Waals surface area (Å²) >= 11 is 0. The predicted molar refractivity (Wildman–Crippen MR) is 108 cm³/mol. The van der Waals surface area contributed by atoms with Crippen molar-refractivity contribution in [1.29, 1.82) is 0 Å². The molecule has 0 heterocycles. The number of methoxy groups -OCH3 is 1. The molecule has 4 nitrogen and oxygen atoms in total. The van der Waals surface area contributed by atoms with Crippen LogP contribution in [0.4, 0.5) is 5.69 Å². The average Bonchev–Trinajstić information content (AvgIpc) is 2.73. The van der Waals surface area contributed by atoms with E-state index in [4.69, 9.17) is 14.2 Å². The van der Waals surface area contributed by atoms with Crippen molar-refractivity contribution >= 4 is 5.69 Å². The molecule has 0 aromatic heterocycles. The Labute approximate surface area is 160 Å². The summed E-state index contributed by atoms with van der Waals surface area (Å²) in [5, 5.41) is 3.42. The molecule has 0 amide bonds. The van der Waals surface area contributed by atoms with E-state index in [-0.39, 0.29) is 0 Å². The van der Waals surface area contributed by atoms with Crippen molar-refractivity contribution in [3.8, 4) is 11.5 Å². The van der Waals surface area contributed by atoms with Gasteiger partial charge in [0.25, 0.3) is 0 Å². The third kappa shape index (κ3) is 6.35. The lowest BCUT2D eigenvalue weighted by Crippen LogP contribution is -2.04. The summed E-state index contributed by atoms with van der Waals surface area (Å²) < 4.78 is 16.4. The van der Waals surface area contributed by atoms with Crippen LogP contribution in [0.25, 0.3) is 0 Å². The summed E-state index contributed by atoms with van der Waals surface area (Å²) in [6, 6.07) is 26.3. The summed E-state index contributed by atoms with van der Waals surface area (Å²) in [7, 11) is 1.67. The molecule has 0 aliphatic rings. The molecule has 3 rings (SSSR count). The summed E-state index contributed by atoms with van der Waals surface area (Å²) in [5.74, 6) is 1.72. The smallest absolute Gasteiger partial charge is 0.119 e. The second-order valence-corrected chi connectivity index (χ2v) is 6.14. The van der Waals surface area contributed by atoms with Gasteiger partial charge in [0.1, 0.15) is 24.7 Å². The number of rotatable bonds is 10. The van der Waals surface area contributed by atoms with Crippen molar-refractivity contribution < 1.29 is 14.2 Å². The molecule has 0 saturated heterocycles. The highest BCUT2D eigenvalue weighted by Gasteiger charge is 1.99. The number of ether oxygens (including phenoxy) is 3. The average molecular weight is 363 g/mol. The van der Waals surface area contributed by atoms with Crippen LogP contribution in [-0.4, -0.2) is 20.3 Å². The molecule has 0 unspecified atom stereocenters. The van der Waals surface area contributed by atoms with Crippen LogP contribution in [0.2, 0.25) is 0 Å². The first-order chi connectivity index (χ1) is 13.3. The third-order valence-corrected chi connectivity index (χ3v) is 4.08. The number of nitrogens with one attached hydrogen (secondary N) is 1. The molecule has 3 aromatic rings. The predicted octanol–water partition coefficient (Wildman–Crippen LogP) is 4.90. The van der Waals surface area contributed by atoms with E-state index < -0.39 is 0 Å². The summed E-state index contributed by atoms with van der Waals surface area (Å²) in [4.78, 5) is 0. The fourth-order valence-electron chi connectivity index (χ4n) is 2.56. The Morgan fingerprint density at radius 2 is 1.33 bits per heavy atom. The largest absolute Gasteiger partial charge is 0.491 e. The number of anilines is 1. The fourth-order valence-corrected chi connectivity index (χ4v) is 2.56. The molecule has 4 heteroatoms. The van der Waals surface area contributed by atoms with Gasteiger partial charge in [-0.25, -0.2) is 0 Å². The van der Waals surface area contributed by atoms with Crippen LogP contribution >= 0.6 is 0 Å². The monoisotopic (exact) mass is 363 g/mol. The van der Waals surface area contributed by atoms with Gasteiger partial charge in [0, 0.05) is 19.3 Å². The highest BCUT2D eigenvalue weighted by atomic mass is 16.5. The zero-order valence-electron chi connectivity index (χ0n) is 15.6. The van der Waals surface area contributed by atoms with E-state index in [1.54, 1.807) is 7.11 Å². The quantitative estimate of drug-likeness (QED) is 0.520. The fraction of sp³-hybridized carbons (Fsp3) is 0.217. The number of hydrogen-bond donors (Lipinski definition) is 1. The molecule has 0 aliphatic carbocycles. The maximum Gasteiger partial charge on any atom is 0.119 e. The normalized spacial score (nSPS) is 10.4. The number of benzene rings is 3. The van der Waals surface area contributed by atoms with Crippen LogP contribution in [0.5, 0.6) is 11.5 Å². The maximum atomic E-state index is 5.81. The SMILES string of the molecule is COCCOc1ccc(CNc2ccc(OCc3ccccc3)cc2)cc1. The molecular weight excluding hydrogens is 338 g/mol. The standard InChI is InChI=1S/C23H25NO3/c1-25-15-16-26-22-11-7-19(8-12-22)17-24-21-9-13-23(14-10-21)27-18-20-5-3-2-4-6-20/h2-14,24H,15-18H2,1H3. The lowest BCUT2D eigenvalue weighted by molar-refractivity contribution is 0.146. The van der Waals surface area contributed by atoms with Gasteiger partial charge in [-0.1, -0.05) is 42.5 Å². The molecule has 140 valence electrons. The second kappa shape index (κ2) is 10.2. The van der Waals surface area contributed by atoms with E-state index in [0.29, 0.717) is 19.8 Å². The van der Waals surface area contributed by atoms with Crippen molar-refractivity contribution in [2.45, 2.75) is 13.2 Å². The van der Waals surface area contributed by atoms with Crippen LogP contribution in [0.15, 0.2) is 78.9 Å². The molecule has 0 saturated carbocycles. The van der Waals surface area contributed by atoms with Crippen LogP contribution in [0.1, 0.15) is 11.1 Å². The molecule has 27 heavy (non-hydrogen) atoms. The first-order valence-corrected chi connectivity index (χ1v) is 9.05. The minimum absolute atomic E-state index is 0.562. The summed E-state index contributed by atoms with van der Waals surface area (Å²) in [6.45, 7) is 2.48. The van der Waals surface area contributed by atoms with Crippen LogP contribution < -0.4 is 14.8 Å². The van der Waals surface area contributed by atoms with Crippen molar-refractivity contribution in [2.24, 2.45) is 0 Å². The molecule has 0 spiro atoms. The highest BCUT2D eigenvalue weighted by molar-refractivity contribution is 5.47. The molecule has 0 fully saturated rings. The zero-order chi connectivity index (χ0) is 18.7. The van der Waals surface area contributed by atoms with Gasteiger partial charge in [0.15, 0.2) is 0 Å². The van der Waals surface area contributed by atoms with Crippen LogP contribution in [0, 0.1) is 0 Å². The first kappa shape index (κ1) is 18.8. The van der Waals surface area contributed by atoms with E-state index in [1.807, 2.05) is 54.6 Å². The van der Waals surface area contributed by atoms with Crippen molar-refractivity contribution in [1.82, 2.24) is 0 Å². The summed E-state index contributed by atoms with van der Waals surface area (Å²) in [5.41, 5.74) is 3.41. The van der Waals surface area contributed by atoms with E-state index in [1.165, 1.54) is 5.56 Å². The molecule has 3 aromatic carbocycles. The molecule has 0 aliphatic heterocycles. The molecule has 0 bridgehead atoms. The van der Waals surface area contributed by atoms with Gasteiger partial charge in [-0.3, -0.25) is 0 Å². The lowest BCUT2D eigenvalue weighted by atomic mass is 10.2. The Bertz CT molecular complexity index is 786. The van der Waals surface area contributed by atoms with Gasteiger partial charge in [-0.05, 0) is 47.5 Å². The maximum absolute atomic E-state index is 5.81. The number of hydrogen-bond acceptors (Lipinski definition) is 4. The molecule has 0 radical (unpaired) electrons. The van der Waals surface area contributed by atoms with Gasteiger partial charge >= 0.3 is 0 Å². The lowest BCUT2D eigenvalue weighted by Gasteiger charge is -2.10. The van der Waals surface area contributed by atoms with E-state index in [0.717, 1.165) is 29.3 Å². The van der Waals surface area contributed by atoms with Crippen molar-refractivity contribution in [3.63, 3.8) is 0 Å². The van der Waals surface area contributed by atoms with E-state index in [9.17, 15) is 0 Å². The minimum Gasteiger partial charge on any atom is -0.491 e. The van der Waals surface area contributed by atoms with Gasteiger partial charge in [-0.15, -0.1) is 0 Å². The highest BCUT2D eigenvalue weighted by Crippen LogP contribution is 2.18. The van der Waals surface area contributed by atoms with Crippen LogP contribution in [-0.2, 0) is 17.9 Å². The molecular formula is C23H25NO3. The molecule has 0 atom stereocenters. The summed E-state index contributed by atoms with van der Waals surface area (Å²) in [6.07, 6.45) is 0. The Morgan fingerprint density at radius 1 is 0.667 bits per heavy atom. The Morgan fingerprint density at radius 3 is 2.04 bits per heavy atom. The minimum atomic E-state index is 0.562. The zero-order valence-corrected chi connectivity index (χ0v) is 15.6. The molecule has 1 N–H and O–H groups in total. The second-order valence-electron chi connectivity index (χ2n) is 6.14. The van der Waals surface area contributed by atoms with Gasteiger partial charge < -0.3 is 19.5 Å². The van der Waals surface area contributed by atoms with Crippen molar-refractivity contribution in [3.05, 3.63) is 90.0 Å². The Hall–Kier alpha value is -2.98.